The van der Waals surface area contributed by atoms with E-state index in [1.807, 2.05) is 0 Å². The minimum absolute atomic E-state index is 0.112. The topological polar surface area (TPSA) is 55.2 Å². The number of nitrogens with zero attached hydrogens (tertiary/aromatic N) is 1. The molecular formula is C11H15BrN2O2. The number of rotatable bonds is 6. The van der Waals surface area contributed by atoms with Crippen molar-refractivity contribution >= 4 is 27.3 Å². The molecule has 4 nitrogen and oxygen atoms in total. The molecule has 0 saturated heterocycles. The van der Waals surface area contributed by atoms with Crippen molar-refractivity contribution in [2.75, 3.05) is 11.9 Å². The minimum Gasteiger partial charge on any atom is -0.384 e. The van der Waals surface area contributed by atoms with Gasteiger partial charge in [-0.1, -0.05) is 19.8 Å². The molecule has 0 fully saturated rings. The maximum absolute atomic E-state index is 10.6. The average molecular weight is 287 g/mol. The summed E-state index contributed by atoms with van der Waals surface area (Å²) in [5.74, 6) is 0. The molecule has 0 aromatic heterocycles. The number of halogens is 1. The van der Waals surface area contributed by atoms with Crippen LogP contribution in [-0.2, 0) is 0 Å². The molecule has 0 bridgehead atoms. The number of nitro benzene ring substituents is 1. The number of anilines is 1. The Hall–Kier alpha value is -1.10. The highest BCUT2D eigenvalue weighted by Gasteiger charge is 2.08. The number of unbranched alkanes of at least 4 members (excludes halogenated alkanes) is 2. The van der Waals surface area contributed by atoms with Crippen LogP contribution in [0.3, 0.4) is 0 Å². The molecule has 0 unspecified atom stereocenters. The van der Waals surface area contributed by atoms with Crippen LogP contribution in [-0.4, -0.2) is 11.5 Å². The molecule has 0 aliphatic carbocycles. The van der Waals surface area contributed by atoms with Gasteiger partial charge >= 0.3 is 0 Å². The number of non-ortho nitro benzene ring substituents is 1. The monoisotopic (exact) mass is 286 g/mol. The van der Waals surface area contributed by atoms with Gasteiger partial charge in [0.05, 0.1) is 10.6 Å². The Bertz CT molecular complexity index is 369. The molecule has 0 saturated carbocycles. The van der Waals surface area contributed by atoms with Crippen molar-refractivity contribution in [2.45, 2.75) is 26.2 Å². The van der Waals surface area contributed by atoms with Gasteiger partial charge in [-0.3, -0.25) is 10.1 Å². The van der Waals surface area contributed by atoms with E-state index >= 15 is 0 Å². The Kier molecular flexibility index (Phi) is 5.25. The highest BCUT2D eigenvalue weighted by Crippen LogP contribution is 2.26. The van der Waals surface area contributed by atoms with Crippen LogP contribution in [0.5, 0.6) is 0 Å². The van der Waals surface area contributed by atoms with Gasteiger partial charge in [0.2, 0.25) is 0 Å². The summed E-state index contributed by atoms with van der Waals surface area (Å²) in [6.45, 7) is 2.98. The lowest BCUT2D eigenvalue weighted by Gasteiger charge is -2.07. The Morgan fingerprint density at radius 1 is 1.44 bits per heavy atom. The summed E-state index contributed by atoms with van der Waals surface area (Å²) >= 11 is 3.36. The quantitative estimate of drug-likeness (QED) is 0.489. The number of hydrogen-bond donors (Lipinski definition) is 1. The molecular weight excluding hydrogens is 272 g/mol. The smallest absolute Gasteiger partial charge is 0.271 e. The molecule has 88 valence electrons. The molecule has 0 aliphatic rings. The van der Waals surface area contributed by atoms with E-state index in [0.717, 1.165) is 29.5 Å². The fraction of sp³-hybridized carbons (Fsp3) is 0.455. The van der Waals surface area contributed by atoms with E-state index < -0.39 is 0 Å². The van der Waals surface area contributed by atoms with Gasteiger partial charge in [0.1, 0.15) is 0 Å². The summed E-state index contributed by atoms with van der Waals surface area (Å²) < 4.78 is 0.856. The van der Waals surface area contributed by atoms with Gasteiger partial charge in [-0.25, -0.2) is 0 Å². The van der Waals surface area contributed by atoms with Crippen LogP contribution < -0.4 is 5.32 Å². The SMILES string of the molecule is CCCCCNc1cc([N+](=O)[O-])ccc1Br. The molecule has 0 heterocycles. The van der Waals surface area contributed by atoms with E-state index in [1.165, 1.54) is 12.5 Å². The van der Waals surface area contributed by atoms with Crippen molar-refractivity contribution in [1.29, 1.82) is 0 Å². The van der Waals surface area contributed by atoms with Crippen molar-refractivity contribution in [3.8, 4) is 0 Å². The molecule has 1 rings (SSSR count). The third-order valence-electron chi connectivity index (χ3n) is 2.26. The fourth-order valence-corrected chi connectivity index (χ4v) is 1.75. The maximum Gasteiger partial charge on any atom is 0.271 e. The summed E-state index contributed by atoms with van der Waals surface area (Å²) in [6.07, 6.45) is 3.41. The van der Waals surface area contributed by atoms with E-state index in [-0.39, 0.29) is 10.6 Å². The summed E-state index contributed by atoms with van der Waals surface area (Å²) in [5.41, 5.74) is 0.895. The van der Waals surface area contributed by atoms with Gasteiger partial charge in [-0.15, -0.1) is 0 Å². The van der Waals surface area contributed by atoms with Crippen molar-refractivity contribution in [3.05, 3.63) is 32.8 Å². The normalized spacial score (nSPS) is 10.1. The second kappa shape index (κ2) is 6.48. The molecule has 1 aromatic rings. The Morgan fingerprint density at radius 3 is 2.81 bits per heavy atom. The van der Waals surface area contributed by atoms with Crippen LogP contribution in [0.4, 0.5) is 11.4 Å². The Morgan fingerprint density at radius 2 is 2.19 bits per heavy atom. The van der Waals surface area contributed by atoms with Crippen LogP contribution in [0, 0.1) is 10.1 Å². The molecule has 5 heteroatoms. The lowest BCUT2D eigenvalue weighted by Crippen LogP contribution is -2.02. The number of benzene rings is 1. The van der Waals surface area contributed by atoms with E-state index in [0.29, 0.717) is 0 Å². The van der Waals surface area contributed by atoms with Crippen molar-refractivity contribution < 1.29 is 4.92 Å². The molecule has 16 heavy (non-hydrogen) atoms. The van der Waals surface area contributed by atoms with E-state index in [9.17, 15) is 10.1 Å². The second-order valence-electron chi connectivity index (χ2n) is 3.56. The van der Waals surface area contributed by atoms with Crippen molar-refractivity contribution in [3.63, 3.8) is 0 Å². The highest BCUT2D eigenvalue weighted by molar-refractivity contribution is 9.10. The maximum atomic E-state index is 10.6. The first kappa shape index (κ1) is 13.0. The lowest BCUT2D eigenvalue weighted by atomic mass is 10.2. The van der Waals surface area contributed by atoms with E-state index in [4.69, 9.17) is 0 Å². The summed E-state index contributed by atoms with van der Waals surface area (Å²) in [5, 5.41) is 13.8. The van der Waals surface area contributed by atoms with E-state index in [2.05, 4.69) is 28.2 Å². The zero-order valence-corrected chi connectivity index (χ0v) is 10.8. The fourth-order valence-electron chi connectivity index (χ4n) is 1.36. The molecule has 0 atom stereocenters. The zero-order valence-electron chi connectivity index (χ0n) is 9.20. The van der Waals surface area contributed by atoms with Crippen molar-refractivity contribution in [1.82, 2.24) is 0 Å². The van der Waals surface area contributed by atoms with Gasteiger partial charge in [-0.2, -0.15) is 0 Å². The standard InChI is InChI=1S/C11H15BrN2O2/c1-2-3-4-7-13-11-8-9(14(15)16)5-6-10(11)12/h5-6,8,13H,2-4,7H2,1H3. The van der Waals surface area contributed by atoms with Gasteiger partial charge < -0.3 is 5.32 Å². The first-order valence-electron chi connectivity index (χ1n) is 5.33. The first-order valence-corrected chi connectivity index (χ1v) is 6.12. The number of hydrogen-bond acceptors (Lipinski definition) is 3. The van der Waals surface area contributed by atoms with Crippen LogP contribution in [0.2, 0.25) is 0 Å². The summed E-state index contributed by atoms with van der Waals surface area (Å²) in [6, 6.07) is 4.73. The van der Waals surface area contributed by atoms with E-state index in [1.54, 1.807) is 12.1 Å². The Labute approximate surface area is 103 Å². The second-order valence-corrected chi connectivity index (χ2v) is 4.41. The number of nitrogens with one attached hydrogen (secondary N) is 1. The van der Waals surface area contributed by atoms with Crippen LogP contribution in [0.1, 0.15) is 26.2 Å². The van der Waals surface area contributed by atoms with Gasteiger partial charge in [0.25, 0.3) is 5.69 Å². The van der Waals surface area contributed by atoms with Crippen LogP contribution >= 0.6 is 15.9 Å². The van der Waals surface area contributed by atoms with Crippen molar-refractivity contribution in [2.24, 2.45) is 0 Å². The summed E-state index contributed by atoms with van der Waals surface area (Å²) in [7, 11) is 0. The predicted octanol–water partition coefficient (Wildman–Crippen LogP) is 3.96. The van der Waals surface area contributed by atoms with Gasteiger partial charge in [0.15, 0.2) is 0 Å². The van der Waals surface area contributed by atoms with Gasteiger partial charge in [0, 0.05) is 23.2 Å². The molecule has 0 aliphatic heterocycles. The highest BCUT2D eigenvalue weighted by atomic mass is 79.9. The Balaban J connectivity index is 2.63. The number of nitro groups is 1. The minimum atomic E-state index is -0.385. The average Bonchev–Trinajstić information content (AvgIpc) is 2.26. The molecule has 0 amide bonds. The molecule has 0 spiro atoms. The zero-order chi connectivity index (χ0) is 12.0. The largest absolute Gasteiger partial charge is 0.384 e. The lowest BCUT2D eigenvalue weighted by molar-refractivity contribution is -0.384. The summed E-state index contributed by atoms with van der Waals surface area (Å²) in [4.78, 5) is 10.2. The van der Waals surface area contributed by atoms with Crippen LogP contribution in [0.25, 0.3) is 0 Å². The third kappa shape index (κ3) is 3.81. The first-order chi connectivity index (χ1) is 7.65. The molecule has 1 aromatic carbocycles. The molecule has 0 radical (unpaired) electrons. The third-order valence-corrected chi connectivity index (χ3v) is 2.95. The van der Waals surface area contributed by atoms with Gasteiger partial charge in [-0.05, 0) is 28.4 Å². The van der Waals surface area contributed by atoms with Crippen LogP contribution in [0.15, 0.2) is 22.7 Å². The predicted molar refractivity (Wildman–Crippen MR) is 68.8 cm³/mol. The molecule has 1 N–H and O–H groups in total.